The molecule has 0 aliphatic carbocycles. The van der Waals surface area contributed by atoms with E-state index >= 15 is 0 Å². The number of hydrogen-bond donors (Lipinski definition) is 1. The van der Waals surface area contributed by atoms with Crippen LogP contribution in [0.25, 0.3) is 10.9 Å². The van der Waals surface area contributed by atoms with Gasteiger partial charge in [0.2, 0.25) is 0 Å². The number of halogens is 1. The second kappa shape index (κ2) is 5.97. The number of ether oxygens (including phenoxy) is 2. The number of rotatable bonds is 5. The molecule has 2 aromatic rings. The smallest absolute Gasteiger partial charge is 0.147 e. The Balaban J connectivity index is 2.59. The molecule has 2 rings (SSSR count). The van der Waals surface area contributed by atoms with E-state index in [1.165, 1.54) is 0 Å². The zero-order valence-electron chi connectivity index (χ0n) is 11.3. The predicted octanol–water partition coefficient (Wildman–Crippen LogP) is 3.73. The monoisotopic (exact) mass is 280 g/mol. The number of nitrogens with zero attached hydrogens (tertiary/aromatic N) is 1. The Kier molecular flexibility index (Phi) is 4.32. The van der Waals surface area contributed by atoms with Crippen LogP contribution in [0.4, 0.5) is 5.82 Å². The van der Waals surface area contributed by atoms with Crippen LogP contribution in [-0.4, -0.2) is 25.7 Å². The standard InChI is InChI=1S/C14H17ClN2O2/c1-4-7-16-12-6-5-9-13(17-12)11(18-2)8-10(15)14(9)19-3/h5-6,8H,4,7H2,1-3H3,(H,16,17). The van der Waals surface area contributed by atoms with Gasteiger partial charge in [0.15, 0.2) is 0 Å². The van der Waals surface area contributed by atoms with Crippen LogP contribution in [0.2, 0.25) is 5.02 Å². The number of fused-ring (bicyclic) bond motifs is 1. The van der Waals surface area contributed by atoms with Crippen molar-refractivity contribution >= 4 is 28.3 Å². The Bertz CT molecular complexity index is 587. The highest BCUT2D eigenvalue weighted by Crippen LogP contribution is 2.38. The minimum absolute atomic E-state index is 0.517. The molecule has 0 aliphatic rings. The first-order valence-electron chi connectivity index (χ1n) is 6.16. The molecule has 4 nitrogen and oxygen atoms in total. The minimum Gasteiger partial charge on any atom is -0.494 e. The summed E-state index contributed by atoms with van der Waals surface area (Å²) in [6, 6.07) is 5.57. The van der Waals surface area contributed by atoms with Gasteiger partial charge in [-0.3, -0.25) is 0 Å². The van der Waals surface area contributed by atoms with E-state index in [2.05, 4.69) is 17.2 Å². The average Bonchev–Trinajstić information content (AvgIpc) is 2.44. The number of aromatic nitrogens is 1. The maximum atomic E-state index is 6.16. The number of methoxy groups -OCH3 is 2. The van der Waals surface area contributed by atoms with Crippen LogP contribution >= 0.6 is 11.6 Å². The lowest BCUT2D eigenvalue weighted by molar-refractivity contribution is 0.410. The molecule has 0 fully saturated rings. The molecule has 0 saturated carbocycles. The number of hydrogen-bond acceptors (Lipinski definition) is 4. The van der Waals surface area contributed by atoms with Gasteiger partial charge in [-0.05, 0) is 18.6 Å². The largest absolute Gasteiger partial charge is 0.494 e. The molecule has 1 heterocycles. The van der Waals surface area contributed by atoms with Crippen LogP contribution < -0.4 is 14.8 Å². The lowest BCUT2D eigenvalue weighted by Gasteiger charge is -2.12. The molecule has 19 heavy (non-hydrogen) atoms. The third-order valence-corrected chi connectivity index (χ3v) is 3.11. The summed E-state index contributed by atoms with van der Waals surface area (Å²) in [7, 11) is 3.20. The van der Waals surface area contributed by atoms with Crippen molar-refractivity contribution in [1.29, 1.82) is 0 Å². The molecule has 5 heteroatoms. The SMILES string of the molecule is CCCNc1ccc2c(OC)c(Cl)cc(OC)c2n1. The van der Waals surface area contributed by atoms with Crippen molar-refractivity contribution in [3.8, 4) is 11.5 Å². The summed E-state index contributed by atoms with van der Waals surface area (Å²) in [6.45, 7) is 2.99. The van der Waals surface area contributed by atoms with Crippen molar-refractivity contribution in [1.82, 2.24) is 4.98 Å². The molecule has 1 aromatic heterocycles. The summed E-state index contributed by atoms with van der Waals surface area (Å²) >= 11 is 6.16. The topological polar surface area (TPSA) is 43.4 Å². The molecule has 0 radical (unpaired) electrons. The van der Waals surface area contributed by atoms with E-state index in [1.807, 2.05) is 12.1 Å². The van der Waals surface area contributed by atoms with Gasteiger partial charge < -0.3 is 14.8 Å². The van der Waals surface area contributed by atoms with Crippen LogP contribution in [0.15, 0.2) is 18.2 Å². The second-order valence-corrected chi connectivity index (χ2v) is 4.52. The van der Waals surface area contributed by atoms with Crippen LogP contribution in [0.1, 0.15) is 13.3 Å². The zero-order chi connectivity index (χ0) is 13.8. The van der Waals surface area contributed by atoms with E-state index in [-0.39, 0.29) is 0 Å². The van der Waals surface area contributed by atoms with E-state index in [9.17, 15) is 0 Å². The maximum absolute atomic E-state index is 6.16. The second-order valence-electron chi connectivity index (χ2n) is 4.11. The first-order chi connectivity index (χ1) is 9.21. The molecule has 102 valence electrons. The van der Waals surface area contributed by atoms with E-state index < -0.39 is 0 Å². The number of benzene rings is 1. The van der Waals surface area contributed by atoms with Gasteiger partial charge in [-0.1, -0.05) is 18.5 Å². The van der Waals surface area contributed by atoms with Gasteiger partial charge >= 0.3 is 0 Å². The Morgan fingerprint density at radius 1 is 1.26 bits per heavy atom. The van der Waals surface area contributed by atoms with E-state index in [0.717, 1.165) is 29.7 Å². The molecule has 0 unspecified atom stereocenters. The number of anilines is 1. The van der Waals surface area contributed by atoms with E-state index in [0.29, 0.717) is 16.5 Å². The number of nitrogens with one attached hydrogen (secondary N) is 1. The summed E-state index contributed by atoms with van der Waals surface area (Å²) in [6.07, 6.45) is 1.04. The third kappa shape index (κ3) is 2.68. The fourth-order valence-corrected chi connectivity index (χ4v) is 2.20. The van der Waals surface area contributed by atoms with E-state index in [1.54, 1.807) is 20.3 Å². The zero-order valence-corrected chi connectivity index (χ0v) is 12.0. The molecule has 1 aromatic carbocycles. The van der Waals surface area contributed by atoms with Gasteiger partial charge in [0.1, 0.15) is 22.8 Å². The molecular formula is C14H17ClN2O2. The summed E-state index contributed by atoms with van der Waals surface area (Å²) in [5, 5.41) is 4.61. The highest BCUT2D eigenvalue weighted by molar-refractivity contribution is 6.33. The summed E-state index contributed by atoms with van der Waals surface area (Å²) in [5.74, 6) is 2.07. The van der Waals surface area contributed by atoms with Gasteiger partial charge in [-0.25, -0.2) is 4.98 Å². The van der Waals surface area contributed by atoms with Crippen molar-refractivity contribution < 1.29 is 9.47 Å². The van der Waals surface area contributed by atoms with Crippen LogP contribution in [0, 0.1) is 0 Å². The predicted molar refractivity (Wildman–Crippen MR) is 78.6 cm³/mol. The maximum Gasteiger partial charge on any atom is 0.147 e. The van der Waals surface area contributed by atoms with Gasteiger partial charge in [-0.2, -0.15) is 0 Å². The van der Waals surface area contributed by atoms with Crippen LogP contribution in [0.3, 0.4) is 0 Å². The first kappa shape index (κ1) is 13.7. The molecule has 0 saturated heterocycles. The minimum atomic E-state index is 0.517. The van der Waals surface area contributed by atoms with Gasteiger partial charge in [0.05, 0.1) is 19.2 Å². The third-order valence-electron chi connectivity index (χ3n) is 2.83. The van der Waals surface area contributed by atoms with Crippen molar-refractivity contribution in [2.24, 2.45) is 0 Å². The molecule has 0 atom stereocenters. The summed E-state index contributed by atoms with van der Waals surface area (Å²) in [4.78, 5) is 4.56. The molecule has 0 amide bonds. The van der Waals surface area contributed by atoms with Crippen molar-refractivity contribution in [3.63, 3.8) is 0 Å². The molecule has 0 aliphatic heterocycles. The highest BCUT2D eigenvalue weighted by Gasteiger charge is 2.13. The molecular weight excluding hydrogens is 264 g/mol. The summed E-state index contributed by atoms with van der Waals surface area (Å²) in [5.41, 5.74) is 0.741. The van der Waals surface area contributed by atoms with E-state index in [4.69, 9.17) is 21.1 Å². The lowest BCUT2D eigenvalue weighted by Crippen LogP contribution is -2.02. The fourth-order valence-electron chi connectivity index (χ4n) is 1.92. The Morgan fingerprint density at radius 3 is 2.68 bits per heavy atom. The molecule has 1 N–H and O–H groups in total. The lowest BCUT2D eigenvalue weighted by atomic mass is 10.2. The first-order valence-corrected chi connectivity index (χ1v) is 6.54. The Hall–Kier alpha value is -1.68. The normalized spacial score (nSPS) is 10.5. The fraction of sp³-hybridized carbons (Fsp3) is 0.357. The van der Waals surface area contributed by atoms with Gasteiger partial charge in [0.25, 0.3) is 0 Å². The van der Waals surface area contributed by atoms with Crippen molar-refractivity contribution in [3.05, 3.63) is 23.2 Å². The van der Waals surface area contributed by atoms with Crippen LogP contribution in [0.5, 0.6) is 11.5 Å². The molecule has 0 bridgehead atoms. The quantitative estimate of drug-likeness (QED) is 0.906. The Labute approximate surface area is 117 Å². The summed E-state index contributed by atoms with van der Waals surface area (Å²) < 4.78 is 10.7. The van der Waals surface area contributed by atoms with Gasteiger partial charge in [0, 0.05) is 18.0 Å². The van der Waals surface area contributed by atoms with Crippen molar-refractivity contribution in [2.75, 3.05) is 26.1 Å². The average molecular weight is 281 g/mol. The highest BCUT2D eigenvalue weighted by atomic mass is 35.5. The number of pyridine rings is 1. The Morgan fingerprint density at radius 2 is 2.05 bits per heavy atom. The van der Waals surface area contributed by atoms with Crippen molar-refractivity contribution in [2.45, 2.75) is 13.3 Å². The van der Waals surface area contributed by atoms with Gasteiger partial charge in [-0.15, -0.1) is 0 Å². The molecule has 0 spiro atoms. The van der Waals surface area contributed by atoms with Crippen LogP contribution in [-0.2, 0) is 0 Å².